The predicted octanol–water partition coefficient (Wildman–Crippen LogP) is 2.23. The van der Waals surface area contributed by atoms with Crippen molar-refractivity contribution in [2.45, 2.75) is 19.5 Å². The van der Waals surface area contributed by atoms with Crippen LogP contribution >= 0.6 is 11.3 Å². The first-order valence-corrected chi connectivity index (χ1v) is 9.48. The molecule has 0 unspecified atom stereocenters. The zero-order valence-corrected chi connectivity index (χ0v) is 14.9. The maximum Gasteiger partial charge on any atom is 0.246 e. The molecule has 25 heavy (non-hydrogen) atoms. The van der Waals surface area contributed by atoms with E-state index in [9.17, 15) is 4.79 Å². The van der Waals surface area contributed by atoms with Crippen LogP contribution in [-0.4, -0.2) is 56.9 Å². The van der Waals surface area contributed by atoms with Gasteiger partial charge in [-0.15, -0.1) is 11.3 Å². The maximum atomic E-state index is 12.6. The standard InChI is InChI=1S/C18H21N5OS/c24-18(14-23-19-16-6-1-2-7-17(16)20-23)22-9-4-8-21(10-11-22)13-15-5-3-12-25-15/h1-3,5-7,12H,4,8-11,13-14H2. The highest BCUT2D eigenvalue weighted by molar-refractivity contribution is 7.09. The van der Waals surface area contributed by atoms with E-state index in [4.69, 9.17) is 0 Å². The molecule has 3 aromatic rings. The summed E-state index contributed by atoms with van der Waals surface area (Å²) in [6, 6.07) is 12.0. The summed E-state index contributed by atoms with van der Waals surface area (Å²) in [5.74, 6) is 0.0956. The Labute approximate surface area is 150 Å². The molecule has 0 saturated carbocycles. The van der Waals surface area contributed by atoms with Gasteiger partial charge in [0.05, 0.1) is 0 Å². The fourth-order valence-corrected chi connectivity index (χ4v) is 3.94. The Hall–Kier alpha value is -2.25. The summed E-state index contributed by atoms with van der Waals surface area (Å²) < 4.78 is 0. The van der Waals surface area contributed by atoms with Crippen LogP contribution in [0.2, 0.25) is 0 Å². The number of amides is 1. The Morgan fingerprint density at radius 3 is 2.52 bits per heavy atom. The fourth-order valence-electron chi connectivity index (χ4n) is 3.20. The molecule has 1 aliphatic rings. The van der Waals surface area contributed by atoms with Crippen LogP contribution in [0, 0.1) is 0 Å². The van der Waals surface area contributed by atoms with E-state index < -0.39 is 0 Å². The molecular weight excluding hydrogens is 334 g/mol. The second kappa shape index (κ2) is 7.33. The van der Waals surface area contributed by atoms with Gasteiger partial charge in [-0.3, -0.25) is 9.69 Å². The van der Waals surface area contributed by atoms with Crippen molar-refractivity contribution in [3.63, 3.8) is 0 Å². The number of thiophene rings is 1. The Morgan fingerprint density at radius 1 is 1.00 bits per heavy atom. The summed E-state index contributed by atoms with van der Waals surface area (Å²) in [7, 11) is 0. The Kier molecular flexibility index (Phi) is 4.76. The van der Waals surface area contributed by atoms with Gasteiger partial charge < -0.3 is 4.90 Å². The van der Waals surface area contributed by atoms with Crippen LogP contribution in [0.4, 0.5) is 0 Å². The average molecular weight is 355 g/mol. The third kappa shape index (κ3) is 3.88. The highest BCUT2D eigenvalue weighted by atomic mass is 32.1. The Bertz CT molecular complexity index is 811. The molecule has 0 N–H and O–H groups in total. The molecule has 0 radical (unpaired) electrons. The fraction of sp³-hybridized carbons (Fsp3) is 0.389. The molecule has 1 saturated heterocycles. The third-order valence-electron chi connectivity index (χ3n) is 4.51. The van der Waals surface area contributed by atoms with Crippen molar-refractivity contribution in [2.75, 3.05) is 26.2 Å². The zero-order chi connectivity index (χ0) is 17.1. The Balaban J connectivity index is 1.35. The van der Waals surface area contributed by atoms with E-state index in [1.165, 1.54) is 9.67 Å². The van der Waals surface area contributed by atoms with Crippen molar-refractivity contribution in [1.29, 1.82) is 0 Å². The Morgan fingerprint density at radius 2 is 1.80 bits per heavy atom. The molecule has 0 aliphatic carbocycles. The lowest BCUT2D eigenvalue weighted by atomic mass is 10.3. The number of rotatable bonds is 4. The molecule has 6 nitrogen and oxygen atoms in total. The summed E-state index contributed by atoms with van der Waals surface area (Å²) in [5, 5.41) is 10.9. The summed E-state index contributed by atoms with van der Waals surface area (Å²) in [6.45, 7) is 4.71. The van der Waals surface area contributed by atoms with Gasteiger partial charge in [0.15, 0.2) is 0 Å². The molecule has 1 aliphatic heterocycles. The van der Waals surface area contributed by atoms with Gasteiger partial charge in [-0.1, -0.05) is 18.2 Å². The summed E-state index contributed by atoms with van der Waals surface area (Å²) in [5.41, 5.74) is 1.65. The first-order chi connectivity index (χ1) is 12.3. The smallest absolute Gasteiger partial charge is 0.246 e. The van der Waals surface area contributed by atoms with E-state index in [1.54, 1.807) is 11.3 Å². The molecule has 1 fully saturated rings. The van der Waals surface area contributed by atoms with Gasteiger partial charge in [0.25, 0.3) is 0 Å². The summed E-state index contributed by atoms with van der Waals surface area (Å²) >= 11 is 1.79. The number of benzene rings is 1. The number of nitrogens with zero attached hydrogens (tertiary/aromatic N) is 5. The van der Waals surface area contributed by atoms with Crippen molar-refractivity contribution >= 4 is 28.3 Å². The number of carbonyl (C=O) groups excluding carboxylic acids is 1. The molecule has 0 bridgehead atoms. The molecular formula is C18H21N5OS. The van der Waals surface area contributed by atoms with Crippen LogP contribution < -0.4 is 0 Å². The van der Waals surface area contributed by atoms with Crippen LogP contribution in [0.15, 0.2) is 41.8 Å². The predicted molar refractivity (Wildman–Crippen MR) is 98.3 cm³/mol. The zero-order valence-electron chi connectivity index (χ0n) is 14.0. The number of hydrogen-bond acceptors (Lipinski definition) is 5. The maximum absolute atomic E-state index is 12.6. The molecule has 0 atom stereocenters. The van der Waals surface area contributed by atoms with Crippen molar-refractivity contribution in [3.05, 3.63) is 46.7 Å². The second-order valence-corrected chi connectivity index (χ2v) is 7.34. The second-order valence-electron chi connectivity index (χ2n) is 6.31. The largest absolute Gasteiger partial charge is 0.340 e. The van der Waals surface area contributed by atoms with Crippen LogP contribution in [0.5, 0.6) is 0 Å². The van der Waals surface area contributed by atoms with Crippen molar-refractivity contribution in [2.24, 2.45) is 0 Å². The van der Waals surface area contributed by atoms with Gasteiger partial charge in [0, 0.05) is 37.6 Å². The number of carbonyl (C=O) groups is 1. The lowest BCUT2D eigenvalue weighted by Gasteiger charge is -2.21. The van der Waals surface area contributed by atoms with Gasteiger partial charge in [0.1, 0.15) is 17.6 Å². The van der Waals surface area contributed by atoms with Crippen LogP contribution in [0.1, 0.15) is 11.3 Å². The number of aromatic nitrogens is 3. The van der Waals surface area contributed by atoms with E-state index >= 15 is 0 Å². The van der Waals surface area contributed by atoms with Crippen molar-refractivity contribution in [3.8, 4) is 0 Å². The summed E-state index contributed by atoms with van der Waals surface area (Å²) in [6.07, 6.45) is 1.01. The molecule has 130 valence electrons. The lowest BCUT2D eigenvalue weighted by Crippen LogP contribution is -2.37. The first kappa shape index (κ1) is 16.2. The van der Waals surface area contributed by atoms with Gasteiger partial charge in [-0.05, 0) is 30.0 Å². The van der Waals surface area contributed by atoms with E-state index in [-0.39, 0.29) is 12.5 Å². The lowest BCUT2D eigenvalue weighted by molar-refractivity contribution is -0.132. The van der Waals surface area contributed by atoms with E-state index in [1.807, 2.05) is 29.2 Å². The molecule has 4 rings (SSSR count). The minimum Gasteiger partial charge on any atom is -0.340 e. The van der Waals surface area contributed by atoms with Crippen LogP contribution in [-0.2, 0) is 17.9 Å². The number of hydrogen-bond donors (Lipinski definition) is 0. The van der Waals surface area contributed by atoms with Gasteiger partial charge in [-0.2, -0.15) is 15.0 Å². The van der Waals surface area contributed by atoms with E-state index in [0.717, 1.165) is 50.2 Å². The van der Waals surface area contributed by atoms with E-state index in [2.05, 4.69) is 32.6 Å². The SMILES string of the molecule is O=C(Cn1nc2ccccc2n1)N1CCCN(Cc2cccs2)CC1. The average Bonchev–Trinajstić information content (AvgIpc) is 3.19. The van der Waals surface area contributed by atoms with Gasteiger partial charge >= 0.3 is 0 Å². The third-order valence-corrected chi connectivity index (χ3v) is 5.37. The van der Waals surface area contributed by atoms with Crippen molar-refractivity contribution < 1.29 is 4.79 Å². The quantitative estimate of drug-likeness (QED) is 0.720. The molecule has 2 aromatic heterocycles. The molecule has 1 amide bonds. The van der Waals surface area contributed by atoms with Crippen LogP contribution in [0.25, 0.3) is 11.0 Å². The molecule has 3 heterocycles. The van der Waals surface area contributed by atoms with Gasteiger partial charge in [-0.25, -0.2) is 0 Å². The molecule has 1 aromatic carbocycles. The first-order valence-electron chi connectivity index (χ1n) is 8.60. The van der Waals surface area contributed by atoms with Crippen molar-refractivity contribution in [1.82, 2.24) is 24.8 Å². The van der Waals surface area contributed by atoms with Crippen LogP contribution in [0.3, 0.4) is 0 Å². The normalized spacial score (nSPS) is 16.2. The minimum absolute atomic E-state index is 0.0956. The highest BCUT2D eigenvalue weighted by Crippen LogP contribution is 2.14. The van der Waals surface area contributed by atoms with Gasteiger partial charge in [0.2, 0.25) is 5.91 Å². The number of fused-ring (bicyclic) bond motifs is 1. The monoisotopic (exact) mass is 355 g/mol. The van der Waals surface area contributed by atoms with E-state index in [0.29, 0.717) is 0 Å². The highest BCUT2D eigenvalue weighted by Gasteiger charge is 2.20. The molecule has 0 spiro atoms. The molecule has 7 heteroatoms. The minimum atomic E-state index is 0.0956. The topological polar surface area (TPSA) is 54.3 Å². The summed E-state index contributed by atoms with van der Waals surface area (Å²) in [4.78, 5) is 19.9.